The lowest BCUT2D eigenvalue weighted by atomic mass is 10.1. The number of aliphatic hydroxyl groups is 2. The standard InChI is InChI=1S/C10H14N5O7P/c11-10-6-4(12-2-13-10)5(14-15-6)9-8(17)7(16)3(22-9)1-21-23(18,19)20/h2-3,7-9,16-17H,1H2,(H,14,15)(H2,11,12,13)(H2,18,19,20)/t3-,7-,8-,9+/m1/s1. The average Bonchev–Trinajstić information content (AvgIpc) is 3.01. The molecule has 2 aromatic heterocycles. The number of aromatic amines is 1. The molecule has 0 radical (unpaired) electrons. The van der Waals surface area contributed by atoms with Crippen molar-refractivity contribution < 1.29 is 33.8 Å². The number of nitrogens with two attached hydrogens (primary N) is 1. The first-order chi connectivity index (χ1) is 10.8. The molecule has 13 heteroatoms. The summed E-state index contributed by atoms with van der Waals surface area (Å²) in [4.78, 5) is 25.2. The molecule has 1 fully saturated rings. The number of aliphatic hydroxyl groups excluding tert-OH is 2. The third-order valence-corrected chi connectivity index (χ3v) is 3.93. The maximum Gasteiger partial charge on any atom is 0.469 e. The summed E-state index contributed by atoms with van der Waals surface area (Å²) in [6.45, 7) is -0.595. The highest BCUT2D eigenvalue weighted by Crippen LogP contribution is 2.40. The molecule has 4 atom stereocenters. The van der Waals surface area contributed by atoms with Gasteiger partial charge in [0.1, 0.15) is 36.3 Å². The summed E-state index contributed by atoms with van der Waals surface area (Å²) in [7, 11) is -4.72. The molecule has 0 amide bonds. The van der Waals surface area contributed by atoms with Gasteiger partial charge in [0.15, 0.2) is 11.3 Å². The number of nitrogens with zero attached hydrogens (tertiary/aromatic N) is 3. The summed E-state index contributed by atoms with van der Waals surface area (Å²) in [5, 5.41) is 26.6. The molecular weight excluding hydrogens is 333 g/mol. The summed E-state index contributed by atoms with van der Waals surface area (Å²) < 4.78 is 20.5. The fourth-order valence-corrected chi connectivity index (χ4v) is 2.70. The number of H-pyrrole nitrogens is 1. The summed E-state index contributed by atoms with van der Waals surface area (Å²) in [6.07, 6.45) is -3.76. The molecule has 0 aliphatic carbocycles. The number of fused-ring (bicyclic) bond motifs is 1. The van der Waals surface area contributed by atoms with Crippen LogP contribution in [0.1, 0.15) is 11.8 Å². The second-order valence-electron chi connectivity index (χ2n) is 4.96. The first kappa shape index (κ1) is 16.2. The van der Waals surface area contributed by atoms with Crippen molar-refractivity contribution in [3.8, 4) is 0 Å². The van der Waals surface area contributed by atoms with Crippen molar-refractivity contribution in [1.82, 2.24) is 20.2 Å². The number of phosphoric ester groups is 1. The summed E-state index contributed by atoms with van der Waals surface area (Å²) >= 11 is 0. The quantitative estimate of drug-likeness (QED) is 0.341. The van der Waals surface area contributed by atoms with Gasteiger partial charge in [0.2, 0.25) is 0 Å². The topological polar surface area (TPSA) is 197 Å². The van der Waals surface area contributed by atoms with Crippen molar-refractivity contribution in [2.75, 3.05) is 12.3 Å². The molecule has 126 valence electrons. The summed E-state index contributed by atoms with van der Waals surface area (Å²) in [5.41, 5.74) is 6.51. The highest BCUT2D eigenvalue weighted by molar-refractivity contribution is 7.46. The van der Waals surface area contributed by atoms with Crippen LogP contribution in [0.4, 0.5) is 5.82 Å². The lowest BCUT2D eigenvalue weighted by Crippen LogP contribution is -2.33. The van der Waals surface area contributed by atoms with Gasteiger partial charge in [-0.3, -0.25) is 9.62 Å². The number of hydrogen-bond donors (Lipinski definition) is 6. The number of hydrogen-bond acceptors (Lipinski definition) is 9. The first-order valence-electron chi connectivity index (χ1n) is 6.44. The molecule has 0 aromatic carbocycles. The number of rotatable bonds is 4. The lowest BCUT2D eigenvalue weighted by Gasteiger charge is -2.14. The van der Waals surface area contributed by atoms with Crippen LogP contribution in [0.2, 0.25) is 0 Å². The molecule has 0 bridgehead atoms. The maximum atomic E-state index is 10.7. The van der Waals surface area contributed by atoms with Gasteiger partial charge in [0, 0.05) is 0 Å². The number of nitrogen functional groups attached to an aromatic ring is 1. The van der Waals surface area contributed by atoms with E-state index in [2.05, 4.69) is 24.7 Å². The van der Waals surface area contributed by atoms with Crippen LogP contribution in [-0.4, -0.2) is 65.1 Å². The molecular formula is C10H14N5O7P. The van der Waals surface area contributed by atoms with Crippen LogP contribution < -0.4 is 5.73 Å². The van der Waals surface area contributed by atoms with Gasteiger partial charge in [-0.05, 0) is 0 Å². The van der Waals surface area contributed by atoms with E-state index in [0.29, 0.717) is 5.52 Å². The van der Waals surface area contributed by atoms with Gasteiger partial charge in [0.25, 0.3) is 0 Å². The Hall–Kier alpha value is -1.66. The van der Waals surface area contributed by atoms with E-state index in [0.717, 1.165) is 0 Å². The predicted molar refractivity (Wildman–Crippen MR) is 73.7 cm³/mol. The minimum atomic E-state index is -4.72. The van der Waals surface area contributed by atoms with E-state index in [1.165, 1.54) is 6.33 Å². The number of phosphoric acid groups is 1. The summed E-state index contributed by atoms with van der Waals surface area (Å²) in [6, 6.07) is 0. The zero-order chi connectivity index (χ0) is 16.8. The normalized spacial score (nSPS) is 28.5. The van der Waals surface area contributed by atoms with Crippen molar-refractivity contribution in [2.24, 2.45) is 0 Å². The Labute approximate surface area is 128 Å². The van der Waals surface area contributed by atoms with Gasteiger partial charge in [0.05, 0.1) is 12.3 Å². The van der Waals surface area contributed by atoms with Crippen LogP contribution in [0.3, 0.4) is 0 Å². The second kappa shape index (κ2) is 5.76. The Bertz CT molecular complexity index is 763. The molecule has 3 rings (SSSR count). The van der Waals surface area contributed by atoms with Gasteiger partial charge < -0.3 is 30.5 Å². The molecule has 3 heterocycles. The van der Waals surface area contributed by atoms with Crippen molar-refractivity contribution >= 4 is 24.7 Å². The Morgan fingerprint density at radius 3 is 2.74 bits per heavy atom. The number of aromatic nitrogens is 4. The van der Waals surface area contributed by atoms with E-state index in [1.807, 2.05) is 0 Å². The minimum absolute atomic E-state index is 0.131. The Balaban J connectivity index is 1.85. The van der Waals surface area contributed by atoms with Crippen molar-refractivity contribution in [1.29, 1.82) is 0 Å². The van der Waals surface area contributed by atoms with Crippen LogP contribution in [0.15, 0.2) is 6.33 Å². The van der Waals surface area contributed by atoms with Gasteiger partial charge in [-0.15, -0.1) is 0 Å². The Kier molecular flexibility index (Phi) is 4.06. The van der Waals surface area contributed by atoms with E-state index >= 15 is 0 Å². The zero-order valence-electron chi connectivity index (χ0n) is 11.5. The number of nitrogens with one attached hydrogen (secondary N) is 1. The van der Waals surface area contributed by atoms with Gasteiger partial charge in [-0.25, -0.2) is 14.5 Å². The highest BCUT2D eigenvalue weighted by atomic mass is 31.2. The van der Waals surface area contributed by atoms with Crippen LogP contribution in [0.25, 0.3) is 11.0 Å². The Morgan fingerprint density at radius 1 is 1.30 bits per heavy atom. The summed E-state index contributed by atoms with van der Waals surface area (Å²) in [5.74, 6) is 0.131. The molecule has 1 aliphatic rings. The first-order valence-corrected chi connectivity index (χ1v) is 7.97. The smallest absolute Gasteiger partial charge is 0.387 e. The highest BCUT2D eigenvalue weighted by Gasteiger charge is 2.45. The molecule has 0 saturated carbocycles. The zero-order valence-corrected chi connectivity index (χ0v) is 12.4. The van der Waals surface area contributed by atoms with E-state index < -0.39 is 38.8 Å². The fraction of sp³-hybridized carbons (Fsp3) is 0.500. The molecule has 12 nitrogen and oxygen atoms in total. The molecule has 2 aromatic rings. The van der Waals surface area contributed by atoms with E-state index in [4.69, 9.17) is 20.3 Å². The predicted octanol–water partition coefficient (Wildman–Crippen LogP) is -1.79. The maximum absolute atomic E-state index is 10.7. The van der Waals surface area contributed by atoms with Crippen molar-refractivity contribution in [2.45, 2.75) is 24.4 Å². The minimum Gasteiger partial charge on any atom is -0.387 e. The Morgan fingerprint density at radius 2 is 2.04 bits per heavy atom. The third-order valence-electron chi connectivity index (χ3n) is 3.45. The number of ether oxygens (including phenoxy) is 1. The third kappa shape index (κ3) is 3.05. The SMILES string of the molecule is Nc1ncnc2c([C@@H]3O[C@H](COP(=O)(O)O)[C@@H](O)[C@H]3O)[nH]nc12. The largest absolute Gasteiger partial charge is 0.469 e. The van der Waals surface area contributed by atoms with Crippen molar-refractivity contribution in [3.05, 3.63) is 12.0 Å². The van der Waals surface area contributed by atoms with Crippen LogP contribution >= 0.6 is 7.82 Å². The van der Waals surface area contributed by atoms with Crippen LogP contribution in [0, 0.1) is 0 Å². The molecule has 23 heavy (non-hydrogen) atoms. The van der Waals surface area contributed by atoms with Crippen LogP contribution in [0.5, 0.6) is 0 Å². The number of anilines is 1. The lowest BCUT2D eigenvalue weighted by molar-refractivity contribution is -0.0231. The van der Waals surface area contributed by atoms with Gasteiger partial charge in [-0.2, -0.15) is 5.10 Å². The van der Waals surface area contributed by atoms with Crippen molar-refractivity contribution in [3.63, 3.8) is 0 Å². The van der Waals surface area contributed by atoms with Gasteiger partial charge in [-0.1, -0.05) is 0 Å². The van der Waals surface area contributed by atoms with Crippen LogP contribution in [-0.2, 0) is 13.8 Å². The van der Waals surface area contributed by atoms with E-state index in [1.54, 1.807) is 0 Å². The van der Waals surface area contributed by atoms with E-state index in [-0.39, 0.29) is 17.0 Å². The molecule has 7 N–H and O–H groups in total. The molecule has 1 saturated heterocycles. The monoisotopic (exact) mass is 347 g/mol. The molecule has 0 unspecified atom stereocenters. The second-order valence-corrected chi connectivity index (χ2v) is 6.20. The average molecular weight is 347 g/mol. The van der Waals surface area contributed by atoms with E-state index in [9.17, 15) is 14.8 Å². The molecule has 1 aliphatic heterocycles. The molecule has 0 spiro atoms. The fourth-order valence-electron chi connectivity index (χ4n) is 2.36. The van der Waals surface area contributed by atoms with Gasteiger partial charge >= 0.3 is 7.82 Å².